The van der Waals surface area contributed by atoms with Gasteiger partial charge in [0.25, 0.3) is 11.6 Å². The minimum atomic E-state index is -0.422. The van der Waals surface area contributed by atoms with E-state index < -0.39 is 10.8 Å². The van der Waals surface area contributed by atoms with Crippen LogP contribution in [0, 0.1) is 23.0 Å². The molecular weight excluding hydrogens is 332 g/mol. The molecule has 136 valence electrons. The van der Waals surface area contributed by atoms with Crippen LogP contribution < -0.4 is 10.2 Å². The molecule has 7 heteroatoms. The van der Waals surface area contributed by atoms with E-state index in [1.54, 1.807) is 24.4 Å². The third kappa shape index (κ3) is 3.99. The van der Waals surface area contributed by atoms with Crippen molar-refractivity contribution in [2.45, 2.75) is 26.7 Å². The summed E-state index contributed by atoms with van der Waals surface area (Å²) in [5, 5.41) is 14.2. The number of nitro benzene ring substituents is 1. The van der Waals surface area contributed by atoms with Crippen molar-refractivity contribution in [2.75, 3.05) is 23.3 Å². The zero-order chi connectivity index (χ0) is 18.7. The Kier molecular flexibility index (Phi) is 5.16. The van der Waals surface area contributed by atoms with Crippen LogP contribution in [0.5, 0.6) is 0 Å². The Morgan fingerprint density at radius 1 is 1.27 bits per heavy atom. The molecule has 1 saturated heterocycles. The van der Waals surface area contributed by atoms with E-state index in [-0.39, 0.29) is 11.3 Å². The van der Waals surface area contributed by atoms with Crippen molar-refractivity contribution in [2.24, 2.45) is 5.92 Å². The van der Waals surface area contributed by atoms with Gasteiger partial charge < -0.3 is 10.2 Å². The highest BCUT2D eigenvalue weighted by Gasteiger charge is 2.24. The Morgan fingerprint density at radius 2 is 2.00 bits per heavy atom. The first kappa shape index (κ1) is 17.8. The van der Waals surface area contributed by atoms with Crippen LogP contribution in [0.3, 0.4) is 0 Å². The van der Waals surface area contributed by atoms with Crippen molar-refractivity contribution in [1.29, 1.82) is 0 Å². The molecule has 0 radical (unpaired) electrons. The van der Waals surface area contributed by atoms with E-state index in [0.29, 0.717) is 17.4 Å². The number of carbonyl (C=O) groups excluding carboxylic acids is 1. The number of aryl methyl sites for hydroxylation is 1. The third-order valence-electron chi connectivity index (χ3n) is 4.72. The summed E-state index contributed by atoms with van der Waals surface area (Å²) in [6.07, 6.45) is 3.63. The van der Waals surface area contributed by atoms with Gasteiger partial charge in [0.2, 0.25) is 0 Å². The molecule has 1 fully saturated rings. The molecule has 0 spiro atoms. The largest absolute Gasteiger partial charge is 0.366 e. The molecule has 1 amide bonds. The molecule has 2 heterocycles. The molecule has 0 aliphatic carbocycles. The van der Waals surface area contributed by atoms with Gasteiger partial charge in [-0.1, -0.05) is 6.92 Å². The lowest BCUT2D eigenvalue weighted by Crippen LogP contribution is -2.33. The molecule has 1 aromatic carbocycles. The first-order valence-corrected chi connectivity index (χ1v) is 8.71. The van der Waals surface area contributed by atoms with E-state index >= 15 is 0 Å². The summed E-state index contributed by atoms with van der Waals surface area (Å²) in [5.41, 5.74) is 1.75. The van der Waals surface area contributed by atoms with Crippen LogP contribution in [-0.4, -0.2) is 28.9 Å². The summed E-state index contributed by atoms with van der Waals surface area (Å²) in [6, 6.07) is 8.22. The molecule has 0 saturated carbocycles. The molecule has 2 aromatic rings. The van der Waals surface area contributed by atoms with Gasteiger partial charge in [-0.15, -0.1) is 0 Å². The van der Waals surface area contributed by atoms with E-state index in [4.69, 9.17) is 0 Å². The summed E-state index contributed by atoms with van der Waals surface area (Å²) in [6.45, 7) is 5.68. The van der Waals surface area contributed by atoms with Crippen molar-refractivity contribution < 1.29 is 9.72 Å². The molecule has 26 heavy (non-hydrogen) atoms. The lowest BCUT2D eigenvalue weighted by atomic mass is 9.98. The molecule has 0 unspecified atom stereocenters. The van der Waals surface area contributed by atoms with Gasteiger partial charge in [0.1, 0.15) is 11.5 Å². The van der Waals surface area contributed by atoms with Crippen molar-refractivity contribution in [1.82, 2.24) is 4.98 Å². The summed E-state index contributed by atoms with van der Waals surface area (Å²) in [7, 11) is 0. The second-order valence-corrected chi connectivity index (χ2v) is 6.80. The van der Waals surface area contributed by atoms with Gasteiger partial charge >= 0.3 is 0 Å². The van der Waals surface area contributed by atoms with Crippen molar-refractivity contribution in [3.05, 3.63) is 57.8 Å². The van der Waals surface area contributed by atoms with E-state index in [1.165, 1.54) is 6.07 Å². The van der Waals surface area contributed by atoms with Crippen LogP contribution in [0.15, 0.2) is 36.5 Å². The molecule has 1 aromatic heterocycles. The molecule has 1 N–H and O–H groups in total. The number of nitrogens with zero attached hydrogens (tertiary/aromatic N) is 3. The number of pyridine rings is 1. The first-order chi connectivity index (χ1) is 12.4. The second kappa shape index (κ2) is 7.51. The van der Waals surface area contributed by atoms with E-state index in [9.17, 15) is 14.9 Å². The van der Waals surface area contributed by atoms with Crippen LogP contribution in [0.25, 0.3) is 0 Å². The van der Waals surface area contributed by atoms with Gasteiger partial charge in [0.05, 0.1) is 4.92 Å². The molecule has 7 nitrogen and oxygen atoms in total. The Morgan fingerprint density at radius 3 is 2.65 bits per heavy atom. The highest BCUT2D eigenvalue weighted by molar-refractivity contribution is 6.04. The number of piperidine rings is 1. The number of hydrogen-bond acceptors (Lipinski definition) is 5. The quantitative estimate of drug-likeness (QED) is 0.667. The van der Waals surface area contributed by atoms with E-state index in [1.807, 2.05) is 17.9 Å². The highest BCUT2D eigenvalue weighted by Crippen LogP contribution is 2.32. The number of anilines is 2. The van der Waals surface area contributed by atoms with Crippen LogP contribution >= 0.6 is 0 Å². The maximum Gasteiger partial charge on any atom is 0.293 e. The predicted molar refractivity (Wildman–Crippen MR) is 101 cm³/mol. The number of carbonyl (C=O) groups is 1. The maximum atomic E-state index is 12.4. The lowest BCUT2D eigenvalue weighted by molar-refractivity contribution is -0.384. The Hall–Kier alpha value is -2.96. The minimum Gasteiger partial charge on any atom is -0.366 e. The van der Waals surface area contributed by atoms with Gasteiger partial charge in [0, 0.05) is 30.9 Å². The smallest absolute Gasteiger partial charge is 0.293 e. The van der Waals surface area contributed by atoms with Gasteiger partial charge in [-0.2, -0.15) is 0 Å². The van der Waals surface area contributed by atoms with E-state index in [0.717, 1.165) is 31.5 Å². The van der Waals surface area contributed by atoms with Gasteiger partial charge in [0.15, 0.2) is 0 Å². The molecule has 0 bridgehead atoms. The summed E-state index contributed by atoms with van der Waals surface area (Å²) in [5.74, 6) is 0.647. The number of nitro groups is 1. The third-order valence-corrected chi connectivity index (χ3v) is 4.72. The van der Waals surface area contributed by atoms with E-state index in [2.05, 4.69) is 17.2 Å². The number of nitrogens with one attached hydrogen (secondary N) is 1. The van der Waals surface area contributed by atoms with Gasteiger partial charge in [-0.3, -0.25) is 14.9 Å². The van der Waals surface area contributed by atoms with Crippen LogP contribution in [0.1, 0.15) is 35.7 Å². The zero-order valence-electron chi connectivity index (χ0n) is 14.9. The monoisotopic (exact) mass is 354 g/mol. The second-order valence-electron chi connectivity index (χ2n) is 6.80. The lowest BCUT2D eigenvalue weighted by Gasteiger charge is -2.31. The Balaban J connectivity index is 1.83. The minimum absolute atomic E-state index is 0.0376. The van der Waals surface area contributed by atoms with Crippen molar-refractivity contribution in [3.8, 4) is 0 Å². The van der Waals surface area contributed by atoms with Crippen molar-refractivity contribution >= 4 is 23.1 Å². The molecule has 1 aliphatic rings. The summed E-state index contributed by atoms with van der Waals surface area (Å²) in [4.78, 5) is 29.7. The number of hydrogen-bond donors (Lipinski definition) is 1. The molecule has 1 aliphatic heterocycles. The fraction of sp³-hybridized carbons (Fsp3) is 0.368. The average molecular weight is 354 g/mol. The standard InChI is InChI=1S/C19H22N4O3/c1-13-6-9-22(10-7-13)16-4-3-15(12-17(16)23(25)26)19(24)21-18-11-14(2)5-8-20-18/h3-5,8,11-13H,6-7,9-10H2,1-2H3,(H,20,21,24). The molecular formula is C19H22N4O3. The molecule has 0 atom stereocenters. The Labute approximate surface area is 152 Å². The summed E-state index contributed by atoms with van der Waals surface area (Å²) >= 11 is 0. The van der Waals surface area contributed by atoms with Crippen LogP contribution in [-0.2, 0) is 0 Å². The SMILES string of the molecule is Cc1ccnc(NC(=O)c2ccc(N3CCC(C)CC3)c([N+](=O)[O-])c2)c1. The van der Waals surface area contributed by atoms with Crippen molar-refractivity contribution in [3.63, 3.8) is 0 Å². The number of amides is 1. The number of aromatic nitrogens is 1. The highest BCUT2D eigenvalue weighted by atomic mass is 16.6. The Bertz CT molecular complexity index is 829. The van der Waals surface area contributed by atoms with Crippen LogP contribution in [0.4, 0.5) is 17.2 Å². The normalized spacial score (nSPS) is 14.9. The fourth-order valence-corrected chi connectivity index (χ4v) is 3.12. The zero-order valence-corrected chi connectivity index (χ0v) is 14.9. The molecule has 3 rings (SSSR count). The fourth-order valence-electron chi connectivity index (χ4n) is 3.12. The maximum absolute atomic E-state index is 12.4. The number of rotatable bonds is 4. The summed E-state index contributed by atoms with van der Waals surface area (Å²) < 4.78 is 0. The first-order valence-electron chi connectivity index (χ1n) is 8.71. The topological polar surface area (TPSA) is 88.4 Å². The average Bonchev–Trinajstić information content (AvgIpc) is 2.62. The number of benzene rings is 1. The van der Waals surface area contributed by atoms with Gasteiger partial charge in [-0.05, 0) is 55.5 Å². The van der Waals surface area contributed by atoms with Crippen LogP contribution in [0.2, 0.25) is 0 Å². The predicted octanol–water partition coefficient (Wildman–Crippen LogP) is 3.79. The van der Waals surface area contributed by atoms with Gasteiger partial charge in [-0.25, -0.2) is 4.98 Å².